The first-order chi connectivity index (χ1) is 12.0. The quantitative estimate of drug-likeness (QED) is 0.866. The molecular formula is C21H28N2O2. The van der Waals surface area contributed by atoms with E-state index in [4.69, 9.17) is 0 Å². The summed E-state index contributed by atoms with van der Waals surface area (Å²) in [6, 6.07) is 8.76. The summed E-state index contributed by atoms with van der Waals surface area (Å²) in [6.07, 6.45) is 6.78. The lowest BCUT2D eigenvalue weighted by Crippen LogP contribution is -2.67. The van der Waals surface area contributed by atoms with Gasteiger partial charge in [0.05, 0.1) is 5.60 Å². The van der Waals surface area contributed by atoms with Crippen molar-refractivity contribution in [3.63, 3.8) is 0 Å². The molecular weight excluding hydrogens is 312 g/mol. The van der Waals surface area contributed by atoms with Crippen LogP contribution in [0.1, 0.15) is 63.9 Å². The number of aromatic amines is 1. The van der Waals surface area contributed by atoms with Crippen LogP contribution in [0.3, 0.4) is 0 Å². The molecule has 2 atom stereocenters. The number of rotatable bonds is 5. The Kier molecular flexibility index (Phi) is 4.11. The van der Waals surface area contributed by atoms with Crippen LogP contribution in [0, 0.1) is 0 Å². The minimum atomic E-state index is -0.497. The molecule has 1 amide bonds. The van der Waals surface area contributed by atoms with E-state index in [-0.39, 0.29) is 23.9 Å². The summed E-state index contributed by atoms with van der Waals surface area (Å²) in [5.74, 6) is 0.498. The highest BCUT2D eigenvalue weighted by molar-refractivity contribution is 5.85. The summed E-state index contributed by atoms with van der Waals surface area (Å²) in [7, 11) is 0. The Balaban J connectivity index is 1.54. The minimum absolute atomic E-state index is 0.200. The van der Waals surface area contributed by atoms with E-state index < -0.39 is 5.60 Å². The first-order valence-corrected chi connectivity index (χ1v) is 9.64. The van der Waals surface area contributed by atoms with Crippen molar-refractivity contribution in [3.8, 4) is 0 Å². The second-order valence-electron chi connectivity index (χ2n) is 7.95. The van der Waals surface area contributed by atoms with Gasteiger partial charge >= 0.3 is 0 Å². The van der Waals surface area contributed by atoms with Crippen LogP contribution in [0.4, 0.5) is 0 Å². The van der Waals surface area contributed by atoms with Crippen LogP contribution >= 0.6 is 0 Å². The molecule has 4 nitrogen and oxygen atoms in total. The number of fused-ring (bicyclic) bond motifs is 3. The van der Waals surface area contributed by atoms with Gasteiger partial charge in [-0.1, -0.05) is 32.0 Å². The van der Waals surface area contributed by atoms with E-state index in [1.807, 2.05) is 6.07 Å². The van der Waals surface area contributed by atoms with E-state index in [2.05, 4.69) is 48.1 Å². The third-order valence-electron chi connectivity index (χ3n) is 6.37. The Hall–Kier alpha value is -1.81. The van der Waals surface area contributed by atoms with Crippen molar-refractivity contribution in [1.29, 1.82) is 0 Å². The molecule has 2 saturated heterocycles. The van der Waals surface area contributed by atoms with Gasteiger partial charge in [0.2, 0.25) is 5.91 Å². The number of para-hydroxylation sites is 1. The lowest BCUT2D eigenvalue weighted by atomic mass is 9.66. The van der Waals surface area contributed by atoms with Crippen molar-refractivity contribution in [2.24, 2.45) is 0 Å². The standard InChI is InChI=1S/C21H28N2O2/c1-3-14(18-13-22-19-8-6-5-7-17(18)19)9-20(24)23-15(4-2)10-21(25)11-16(23)12-21/h5-8,13-16,22,25H,3-4,9-12H2,1-2H3. The first kappa shape index (κ1) is 16.6. The van der Waals surface area contributed by atoms with Crippen LogP contribution in [0.25, 0.3) is 10.9 Å². The summed E-state index contributed by atoms with van der Waals surface area (Å²) in [6.45, 7) is 4.28. The number of H-pyrrole nitrogens is 1. The zero-order chi connectivity index (χ0) is 17.6. The minimum Gasteiger partial charge on any atom is -0.390 e. The van der Waals surface area contributed by atoms with Gasteiger partial charge in [-0.3, -0.25) is 4.79 Å². The monoisotopic (exact) mass is 340 g/mol. The highest BCUT2D eigenvalue weighted by atomic mass is 16.3. The SMILES string of the molecule is CCC(CC(=O)N1C(CC)CC2(O)CC1C2)c1c[nH]c2ccccc12. The number of nitrogens with one attached hydrogen (secondary N) is 1. The van der Waals surface area contributed by atoms with Gasteiger partial charge in [0, 0.05) is 35.6 Å². The molecule has 5 rings (SSSR count). The molecule has 3 aliphatic rings. The van der Waals surface area contributed by atoms with E-state index in [9.17, 15) is 9.90 Å². The molecule has 1 aliphatic carbocycles. The van der Waals surface area contributed by atoms with Crippen LogP contribution in [0.15, 0.2) is 30.5 Å². The third kappa shape index (κ3) is 2.77. The molecule has 2 unspecified atom stereocenters. The number of piperidine rings is 2. The summed E-state index contributed by atoms with van der Waals surface area (Å²) in [5.41, 5.74) is 1.89. The van der Waals surface area contributed by atoms with Gasteiger partial charge in [-0.15, -0.1) is 0 Å². The molecule has 3 heterocycles. The van der Waals surface area contributed by atoms with Crippen molar-refractivity contribution in [1.82, 2.24) is 9.88 Å². The Bertz CT molecular complexity index is 775. The van der Waals surface area contributed by atoms with Crippen molar-refractivity contribution in [2.75, 3.05) is 0 Å². The van der Waals surface area contributed by atoms with Gasteiger partial charge in [0.1, 0.15) is 0 Å². The summed E-state index contributed by atoms with van der Waals surface area (Å²) < 4.78 is 0. The zero-order valence-corrected chi connectivity index (χ0v) is 15.2. The fourth-order valence-corrected chi connectivity index (χ4v) is 4.99. The zero-order valence-electron chi connectivity index (χ0n) is 15.2. The summed E-state index contributed by atoms with van der Waals surface area (Å²) >= 11 is 0. The van der Waals surface area contributed by atoms with E-state index in [0.29, 0.717) is 6.42 Å². The molecule has 1 aromatic heterocycles. The molecule has 2 N–H and O–H groups in total. The summed E-state index contributed by atoms with van der Waals surface area (Å²) in [5, 5.41) is 11.6. The second-order valence-corrected chi connectivity index (χ2v) is 7.95. The van der Waals surface area contributed by atoms with Gasteiger partial charge in [-0.25, -0.2) is 0 Å². The number of nitrogens with zero attached hydrogens (tertiary/aromatic N) is 1. The largest absolute Gasteiger partial charge is 0.390 e. The lowest BCUT2D eigenvalue weighted by molar-refractivity contribution is -0.179. The van der Waals surface area contributed by atoms with E-state index in [1.54, 1.807) is 0 Å². The summed E-state index contributed by atoms with van der Waals surface area (Å²) in [4.78, 5) is 18.6. The van der Waals surface area contributed by atoms with Crippen LogP contribution in [-0.2, 0) is 4.79 Å². The highest BCUT2D eigenvalue weighted by Crippen LogP contribution is 2.47. The Morgan fingerprint density at radius 2 is 2.08 bits per heavy atom. The van der Waals surface area contributed by atoms with Crippen molar-refractivity contribution < 1.29 is 9.90 Å². The number of benzene rings is 1. The molecule has 2 aliphatic heterocycles. The maximum Gasteiger partial charge on any atom is 0.223 e. The number of amides is 1. The lowest BCUT2D eigenvalue weighted by Gasteiger charge is -2.58. The number of carbonyl (C=O) groups is 1. The number of aromatic nitrogens is 1. The third-order valence-corrected chi connectivity index (χ3v) is 6.37. The molecule has 2 aromatic rings. The van der Waals surface area contributed by atoms with Crippen molar-refractivity contribution >= 4 is 16.8 Å². The molecule has 0 spiro atoms. The molecule has 1 aromatic carbocycles. The number of carbonyl (C=O) groups excluding carboxylic acids is 1. The maximum absolute atomic E-state index is 13.1. The number of hydrogen-bond acceptors (Lipinski definition) is 2. The normalized spacial score (nSPS) is 29.5. The second kappa shape index (κ2) is 6.17. The Labute approximate surface area is 149 Å². The van der Waals surface area contributed by atoms with Crippen LogP contribution in [-0.4, -0.2) is 38.6 Å². The van der Waals surface area contributed by atoms with Crippen LogP contribution < -0.4 is 0 Å². The molecule has 4 heteroatoms. The molecule has 1 saturated carbocycles. The average molecular weight is 340 g/mol. The fraction of sp³-hybridized carbons (Fsp3) is 0.571. The topological polar surface area (TPSA) is 56.3 Å². The van der Waals surface area contributed by atoms with E-state index in [1.165, 1.54) is 10.9 Å². The van der Waals surface area contributed by atoms with Gasteiger partial charge in [0.25, 0.3) is 0 Å². The first-order valence-electron chi connectivity index (χ1n) is 9.64. The maximum atomic E-state index is 13.1. The molecule has 2 bridgehead atoms. The van der Waals surface area contributed by atoms with Gasteiger partial charge in [0.15, 0.2) is 0 Å². The van der Waals surface area contributed by atoms with Gasteiger partial charge in [-0.2, -0.15) is 0 Å². The fourth-order valence-electron chi connectivity index (χ4n) is 4.99. The predicted molar refractivity (Wildman–Crippen MR) is 99.5 cm³/mol. The van der Waals surface area contributed by atoms with Gasteiger partial charge in [-0.05, 0) is 49.7 Å². The predicted octanol–water partition coefficient (Wildman–Crippen LogP) is 3.96. The van der Waals surface area contributed by atoms with Gasteiger partial charge < -0.3 is 15.0 Å². The molecule has 134 valence electrons. The average Bonchev–Trinajstić information content (AvgIpc) is 3.02. The van der Waals surface area contributed by atoms with Crippen LogP contribution in [0.2, 0.25) is 0 Å². The molecule has 25 heavy (non-hydrogen) atoms. The number of hydrogen-bond donors (Lipinski definition) is 2. The smallest absolute Gasteiger partial charge is 0.223 e. The number of aliphatic hydroxyl groups is 1. The van der Waals surface area contributed by atoms with Crippen molar-refractivity contribution in [3.05, 3.63) is 36.0 Å². The Morgan fingerprint density at radius 3 is 2.80 bits per heavy atom. The Morgan fingerprint density at radius 1 is 1.32 bits per heavy atom. The van der Waals surface area contributed by atoms with Crippen LogP contribution in [0.5, 0.6) is 0 Å². The molecule has 3 fully saturated rings. The van der Waals surface area contributed by atoms with E-state index in [0.717, 1.165) is 37.6 Å². The van der Waals surface area contributed by atoms with E-state index >= 15 is 0 Å². The molecule has 0 radical (unpaired) electrons. The highest BCUT2D eigenvalue weighted by Gasteiger charge is 2.54. The van der Waals surface area contributed by atoms with Crippen molar-refractivity contribution in [2.45, 2.75) is 76.0 Å².